The summed E-state index contributed by atoms with van der Waals surface area (Å²) in [5.41, 5.74) is 0.972. The van der Waals surface area contributed by atoms with E-state index in [4.69, 9.17) is 0 Å². The summed E-state index contributed by atoms with van der Waals surface area (Å²) < 4.78 is 28.7. The van der Waals surface area contributed by atoms with Gasteiger partial charge in [-0.3, -0.25) is 29.1 Å². The Labute approximate surface area is 163 Å². The summed E-state index contributed by atoms with van der Waals surface area (Å²) in [6.45, 7) is 1.76. The SMILES string of the molecule is CCN1C(c2ccc([N+](=O)[O-])cc2)=Cn2c(nc3ccc([N+](=O)[O-])cc32)S1(=O)=O. The quantitative estimate of drug-likeness (QED) is 0.471. The number of sulfonamides is 1. The number of aromatic nitrogens is 2. The molecule has 0 amide bonds. The Bertz CT molecular complexity index is 1310. The minimum absolute atomic E-state index is 0.106. The number of imidazole rings is 1. The van der Waals surface area contributed by atoms with Crippen LogP contribution in [0.15, 0.2) is 47.6 Å². The van der Waals surface area contributed by atoms with Crippen molar-refractivity contribution >= 4 is 44.3 Å². The fraction of sp³-hybridized carbons (Fsp3) is 0.118. The van der Waals surface area contributed by atoms with Crippen molar-refractivity contribution in [1.82, 2.24) is 13.9 Å². The van der Waals surface area contributed by atoms with E-state index >= 15 is 0 Å². The first-order valence-corrected chi connectivity index (χ1v) is 9.84. The third-order valence-corrected chi connectivity index (χ3v) is 6.34. The van der Waals surface area contributed by atoms with E-state index in [-0.39, 0.29) is 34.3 Å². The fourth-order valence-corrected chi connectivity index (χ4v) is 4.77. The lowest BCUT2D eigenvalue weighted by Gasteiger charge is -2.29. The number of benzene rings is 2. The topological polar surface area (TPSA) is 141 Å². The molecule has 1 aliphatic rings. The zero-order valence-electron chi connectivity index (χ0n) is 14.9. The minimum atomic E-state index is -4.04. The van der Waals surface area contributed by atoms with Gasteiger partial charge < -0.3 is 0 Å². The number of nitro groups is 2. The van der Waals surface area contributed by atoms with Gasteiger partial charge in [0.25, 0.3) is 26.6 Å². The van der Waals surface area contributed by atoms with Crippen LogP contribution in [0, 0.1) is 20.2 Å². The predicted molar refractivity (Wildman–Crippen MR) is 103 cm³/mol. The third-order valence-electron chi connectivity index (χ3n) is 4.55. The number of hydrogen-bond donors (Lipinski definition) is 0. The maximum atomic E-state index is 13.1. The molecule has 4 rings (SSSR count). The molecule has 0 saturated heterocycles. The first-order chi connectivity index (χ1) is 13.7. The maximum absolute atomic E-state index is 13.1. The van der Waals surface area contributed by atoms with Crippen LogP contribution in [-0.4, -0.2) is 38.7 Å². The molecule has 0 bridgehead atoms. The molecular formula is C17H13N5O6S. The summed E-state index contributed by atoms with van der Waals surface area (Å²) >= 11 is 0. The van der Waals surface area contributed by atoms with Crippen LogP contribution in [0.25, 0.3) is 22.9 Å². The molecule has 0 atom stereocenters. The van der Waals surface area contributed by atoms with E-state index in [0.29, 0.717) is 11.1 Å². The van der Waals surface area contributed by atoms with Crippen LogP contribution in [0.4, 0.5) is 11.4 Å². The van der Waals surface area contributed by atoms with Crippen molar-refractivity contribution in [2.24, 2.45) is 0 Å². The molecule has 1 aromatic heterocycles. The van der Waals surface area contributed by atoms with Gasteiger partial charge in [-0.25, -0.2) is 4.98 Å². The van der Waals surface area contributed by atoms with Gasteiger partial charge in [0.1, 0.15) is 0 Å². The highest BCUT2D eigenvalue weighted by atomic mass is 32.2. The average Bonchev–Trinajstić information content (AvgIpc) is 3.06. The Morgan fingerprint density at radius 3 is 2.21 bits per heavy atom. The molecule has 2 aromatic carbocycles. The number of non-ortho nitro benzene ring substituents is 2. The standard InChI is InChI=1S/C17H13N5O6S/c1-2-20-16(11-3-5-12(6-4-11)21(23)24)10-19-15-9-13(22(25)26)7-8-14(15)18-17(19)29(20,27)28/h3-10H,2H2,1H3. The summed E-state index contributed by atoms with van der Waals surface area (Å²) in [4.78, 5) is 25.0. The summed E-state index contributed by atoms with van der Waals surface area (Å²) in [5.74, 6) is 0. The van der Waals surface area contributed by atoms with Gasteiger partial charge in [-0.2, -0.15) is 8.42 Å². The Morgan fingerprint density at radius 2 is 1.62 bits per heavy atom. The molecule has 12 heteroatoms. The zero-order chi connectivity index (χ0) is 20.9. The van der Waals surface area contributed by atoms with Gasteiger partial charge in [0, 0.05) is 42.6 Å². The second-order valence-electron chi connectivity index (χ2n) is 6.18. The van der Waals surface area contributed by atoms with Crippen LogP contribution < -0.4 is 0 Å². The van der Waals surface area contributed by atoms with Gasteiger partial charge >= 0.3 is 0 Å². The minimum Gasteiger partial charge on any atom is -0.286 e. The molecule has 11 nitrogen and oxygen atoms in total. The highest BCUT2D eigenvalue weighted by Gasteiger charge is 2.36. The fourth-order valence-electron chi connectivity index (χ4n) is 3.21. The van der Waals surface area contributed by atoms with Crippen LogP contribution in [-0.2, 0) is 10.0 Å². The first kappa shape index (κ1) is 18.6. The van der Waals surface area contributed by atoms with Crippen molar-refractivity contribution in [3.8, 4) is 0 Å². The summed E-state index contributed by atoms with van der Waals surface area (Å²) in [6, 6.07) is 9.37. The van der Waals surface area contributed by atoms with Gasteiger partial charge in [-0.05, 0) is 25.1 Å². The van der Waals surface area contributed by atoms with Crippen LogP contribution in [0.5, 0.6) is 0 Å². The Morgan fingerprint density at radius 1 is 1.00 bits per heavy atom. The van der Waals surface area contributed by atoms with E-state index in [1.54, 1.807) is 6.92 Å². The molecule has 0 unspecified atom stereocenters. The van der Waals surface area contributed by atoms with E-state index in [9.17, 15) is 28.6 Å². The molecule has 0 aliphatic carbocycles. The third kappa shape index (κ3) is 2.81. The molecule has 0 fully saturated rings. The maximum Gasteiger partial charge on any atom is 0.298 e. The summed E-state index contributed by atoms with van der Waals surface area (Å²) in [7, 11) is -4.04. The van der Waals surface area contributed by atoms with E-state index in [1.807, 2.05) is 0 Å². The molecule has 3 aromatic rings. The molecule has 148 valence electrons. The largest absolute Gasteiger partial charge is 0.298 e. The Kier molecular flexibility index (Phi) is 4.08. The van der Waals surface area contributed by atoms with Crippen molar-refractivity contribution in [1.29, 1.82) is 0 Å². The monoisotopic (exact) mass is 415 g/mol. The van der Waals surface area contributed by atoms with Crippen molar-refractivity contribution in [2.75, 3.05) is 6.54 Å². The van der Waals surface area contributed by atoms with Crippen molar-refractivity contribution in [3.05, 3.63) is 68.3 Å². The van der Waals surface area contributed by atoms with Crippen LogP contribution in [0.2, 0.25) is 0 Å². The molecule has 0 radical (unpaired) electrons. The van der Waals surface area contributed by atoms with Gasteiger partial charge in [-0.1, -0.05) is 0 Å². The number of rotatable bonds is 4. The summed E-state index contributed by atoms with van der Waals surface area (Å²) in [6.07, 6.45) is 1.51. The van der Waals surface area contributed by atoms with E-state index in [1.165, 1.54) is 53.2 Å². The van der Waals surface area contributed by atoms with Crippen molar-refractivity contribution in [3.63, 3.8) is 0 Å². The molecule has 0 saturated carbocycles. The lowest BCUT2D eigenvalue weighted by atomic mass is 10.1. The van der Waals surface area contributed by atoms with Gasteiger partial charge in [0.15, 0.2) is 0 Å². The zero-order valence-corrected chi connectivity index (χ0v) is 15.7. The van der Waals surface area contributed by atoms with E-state index in [0.717, 1.165) is 4.31 Å². The molecule has 1 aliphatic heterocycles. The number of fused-ring (bicyclic) bond motifs is 3. The lowest BCUT2D eigenvalue weighted by Crippen LogP contribution is -2.34. The lowest BCUT2D eigenvalue weighted by molar-refractivity contribution is -0.385. The Hall–Kier alpha value is -3.80. The summed E-state index contributed by atoms with van der Waals surface area (Å²) in [5, 5.41) is 21.8. The van der Waals surface area contributed by atoms with E-state index < -0.39 is 19.9 Å². The highest BCUT2D eigenvalue weighted by Crippen LogP contribution is 2.35. The smallest absolute Gasteiger partial charge is 0.286 e. The Balaban J connectivity index is 1.98. The first-order valence-electron chi connectivity index (χ1n) is 8.40. The van der Waals surface area contributed by atoms with Gasteiger partial charge in [0.2, 0.25) is 0 Å². The predicted octanol–water partition coefficient (Wildman–Crippen LogP) is 2.83. The second-order valence-corrected chi connectivity index (χ2v) is 7.94. The highest BCUT2D eigenvalue weighted by molar-refractivity contribution is 7.89. The number of nitrogens with zero attached hydrogens (tertiary/aromatic N) is 5. The van der Waals surface area contributed by atoms with Crippen molar-refractivity contribution < 1.29 is 18.3 Å². The van der Waals surface area contributed by atoms with Crippen LogP contribution in [0.3, 0.4) is 0 Å². The molecule has 0 spiro atoms. The average molecular weight is 415 g/mol. The van der Waals surface area contributed by atoms with Gasteiger partial charge in [0.05, 0.1) is 26.6 Å². The van der Waals surface area contributed by atoms with Gasteiger partial charge in [-0.15, -0.1) is 0 Å². The molecular weight excluding hydrogens is 402 g/mol. The molecule has 29 heavy (non-hydrogen) atoms. The molecule has 0 N–H and O–H groups in total. The second kappa shape index (κ2) is 6.38. The van der Waals surface area contributed by atoms with Crippen molar-refractivity contribution in [2.45, 2.75) is 12.1 Å². The normalized spacial score (nSPS) is 15.1. The molecule has 2 heterocycles. The van der Waals surface area contributed by atoms with E-state index in [2.05, 4.69) is 4.98 Å². The number of hydrogen-bond acceptors (Lipinski definition) is 7. The van der Waals surface area contributed by atoms with Crippen LogP contribution >= 0.6 is 0 Å². The van der Waals surface area contributed by atoms with Crippen LogP contribution in [0.1, 0.15) is 12.5 Å². The number of nitro benzene ring substituents is 2.